The number of hydrogen-bond acceptors (Lipinski definition) is 2. The van der Waals surface area contributed by atoms with Crippen molar-refractivity contribution in [3.8, 4) is 0 Å². The summed E-state index contributed by atoms with van der Waals surface area (Å²) in [5.41, 5.74) is 0. The Kier molecular flexibility index (Phi) is 4.82. The highest BCUT2D eigenvalue weighted by atomic mass is 28.4. The number of benzene rings is 3. The maximum absolute atomic E-state index is 10.7. The van der Waals surface area contributed by atoms with Gasteiger partial charge in [-0.25, -0.2) is 0 Å². The van der Waals surface area contributed by atoms with Gasteiger partial charge in [0.1, 0.15) is 0 Å². The maximum atomic E-state index is 10.7. The molecule has 0 aromatic heterocycles. The molecule has 24 heavy (non-hydrogen) atoms. The van der Waals surface area contributed by atoms with Crippen LogP contribution in [0.3, 0.4) is 0 Å². The molecular weight excluding hydrogens is 328 g/mol. The summed E-state index contributed by atoms with van der Waals surface area (Å²) < 4.78 is 6.62. The highest BCUT2D eigenvalue weighted by molar-refractivity contribution is 7.10. The molecule has 0 spiro atoms. The van der Waals surface area contributed by atoms with E-state index in [9.17, 15) is 4.80 Å². The fourth-order valence-electron chi connectivity index (χ4n) is 3.07. The highest BCUT2D eigenvalue weighted by Crippen LogP contribution is 2.14. The van der Waals surface area contributed by atoms with Gasteiger partial charge in [-0.15, -0.1) is 0 Å². The van der Waals surface area contributed by atoms with Gasteiger partial charge in [0.05, 0.1) is 0 Å². The first kappa shape index (κ1) is 16.9. The molecule has 0 fully saturated rings. The van der Waals surface area contributed by atoms with Gasteiger partial charge < -0.3 is 8.91 Å². The lowest BCUT2D eigenvalue weighted by Crippen LogP contribution is -2.72. The fourth-order valence-corrected chi connectivity index (χ4v) is 10.5. The molecule has 0 aliphatic rings. The molecule has 0 radical (unpaired) electrons. The molecule has 0 heterocycles. The highest BCUT2D eigenvalue weighted by Gasteiger charge is 2.45. The van der Waals surface area contributed by atoms with Gasteiger partial charge in [0.15, 0.2) is 0 Å². The number of rotatable bonds is 5. The minimum absolute atomic E-state index is 1.15. The van der Waals surface area contributed by atoms with Crippen molar-refractivity contribution in [1.82, 2.24) is 0 Å². The van der Waals surface area contributed by atoms with E-state index in [4.69, 9.17) is 4.12 Å². The Balaban J connectivity index is 2.33. The second kappa shape index (κ2) is 6.87. The molecule has 3 aromatic carbocycles. The summed E-state index contributed by atoms with van der Waals surface area (Å²) >= 11 is 0. The van der Waals surface area contributed by atoms with Gasteiger partial charge in [0.2, 0.25) is 0 Å². The molecule has 0 aliphatic heterocycles. The third kappa shape index (κ3) is 3.42. The zero-order valence-electron chi connectivity index (χ0n) is 14.0. The molecule has 2 nitrogen and oxygen atoms in total. The van der Waals surface area contributed by atoms with Gasteiger partial charge in [-0.1, -0.05) is 91.0 Å². The van der Waals surface area contributed by atoms with Crippen LogP contribution in [0.5, 0.6) is 0 Å². The molecule has 4 heteroatoms. The van der Waals surface area contributed by atoms with Crippen molar-refractivity contribution in [2.45, 2.75) is 13.1 Å². The smallest absolute Gasteiger partial charge is 0.319 e. The first-order valence-electron chi connectivity index (χ1n) is 8.11. The summed E-state index contributed by atoms with van der Waals surface area (Å²) in [4.78, 5) is 10.7. The van der Waals surface area contributed by atoms with Crippen LogP contribution < -0.4 is 15.6 Å². The minimum Gasteiger partial charge on any atom is -0.425 e. The van der Waals surface area contributed by atoms with Crippen molar-refractivity contribution >= 4 is 32.4 Å². The van der Waals surface area contributed by atoms with Crippen molar-refractivity contribution in [2.24, 2.45) is 0 Å². The SMILES string of the molecule is C[Si](C)(O)O[Si](c1ccccc1)(c1ccccc1)c1ccccc1. The zero-order valence-corrected chi connectivity index (χ0v) is 16.0. The third-order valence-corrected chi connectivity index (χ3v) is 10.6. The monoisotopic (exact) mass is 350 g/mol. The largest absolute Gasteiger partial charge is 0.425 e. The van der Waals surface area contributed by atoms with Crippen molar-refractivity contribution in [3.63, 3.8) is 0 Å². The second-order valence-electron chi connectivity index (χ2n) is 6.33. The average molecular weight is 351 g/mol. The molecule has 0 saturated heterocycles. The summed E-state index contributed by atoms with van der Waals surface area (Å²) in [6.45, 7) is 3.67. The summed E-state index contributed by atoms with van der Waals surface area (Å²) in [6.07, 6.45) is 0. The van der Waals surface area contributed by atoms with Gasteiger partial charge in [-0.05, 0) is 28.7 Å². The standard InChI is InChI=1S/C20H22O2Si2/c1-23(2,21)22-24(18-12-6-3-7-13-18,19-14-8-4-9-15-19)20-16-10-5-11-17-20/h3-17,21H,1-2H3. The van der Waals surface area contributed by atoms with Crippen LogP contribution in [0, 0.1) is 0 Å². The predicted octanol–water partition coefficient (Wildman–Crippen LogP) is 2.36. The van der Waals surface area contributed by atoms with Crippen molar-refractivity contribution in [2.75, 3.05) is 0 Å². The van der Waals surface area contributed by atoms with E-state index in [2.05, 4.69) is 36.4 Å². The van der Waals surface area contributed by atoms with Crippen molar-refractivity contribution < 1.29 is 8.91 Å². The molecule has 0 unspecified atom stereocenters. The van der Waals surface area contributed by atoms with Crippen molar-refractivity contribution in [3.05, 3.63) is 91.0 Å². The first-order chi connectivity index (χ1) is 11.5. The first-order valence-corrected chi connectivity index (χ1v) is 12.9. The summed E-state index contributed by atoms with van der Waals surface area (Å²) in [5.74, 6) is 0. The Hall–Kier alpha value is -1.99. The van der Waals surface area contributed by atoms with E-state index in [1.807, 2.05) is 67.7 Å². The van der Waals surface area contributed by atoms with Crippen LogP contribution in [-0.4, -0.2) is 21.7 Å². The molecule has 3 rings (SSSR count). The van der Waals surface area contributed by atoms with Crippen LogP contribution in [0.2, 0.25) is 13.1 Å². The van der Waals surface area contributed by atoms with Gasteiger partial charge in [-0.2, -0.15) is 0 Å². The van der Waals surface area contributed by atoms with E-state index in [1.54, 1.807) is 0 Å². The second-order valence-corrected chi connectivity index (χ2v) is 13.1. The Morgan fingerprint density at radius 1 is 0.583 bits per heavy atom. The van der Waals surface area contributed by atoms with Crippen LogP contribution >= 0.6 is 0 Å². The third-order valence-electron chi connectivity index (χ3n) is 3.94. The van der Waals surface area contributed by atoms with Gasteiger partial charge in [0, 0.05) is 0 Å². The van der Waals surface area contributed by atoms with Crippen LogP contribution in [0.1, 0.15) is 0 Å². The molecule has 0 atom stereocenters. The predicted molar refractivity (Wildman–Crippen MR) is 105 cm³/mol. The maximum Gasteiger partial charge on any atom is 0.319 e. The van der Waals surface area contributed by atoms with E-state index >= 15 is 0 Å². The quantitative estimate of drug-likeness (QED) is 0.565. The summed E-state index contributed by atoms with van der Waals surface area (Å²) in [7, 11) is -5.53. The average Bonchev–Trinajstić information content (AvgIpc) is 2.61. The Morgan fingerprint density at radius 2 is 0.875 bits per heavy atom. The van der Waals surface area contributed by atoms with E-state index in [-0.39, 0.29) is 0 Å². The summed E-state index contributed by atoms with van der Waals surface area (Å²) in [6, 6.07) is 31.0. The lowest BCUT2D eigenvalue weighted by Gasteiger charge is -2.37. The van der Waals surface area contributed by atoms with E-state index in [1.165, 1.54) is 0 Å². The van der Waals surface area contributed by atoms with Gasteiger partial charge in [-0.3, -0.25) is 0 Å². The zero-order chi connectivity index (χ0) is 17.0. The Labute approximate surface area is 145 Å². The minimum atomic E-state index is -2.78. The van der Waals surface area contributed by atoms with E-state index in [0.29, 0.717) is 0 Å². The molecule has 0 aliphatic carbocycles. The van der Waals surface area contributed by atoms with E-state index in [0.717, 1.165) is 15.6 Å². The van der Waals surface area contributed by atoms with Crippen LogP contribution in [0.15, 0.2) is 91.0 Å². The van der Waals surface area contributed by atoms with Crippen LogP contribution in [0.4, 0.5) is 0 Å². The topological polar surface area (TPSA) is 29.5 Å². The molecular formula is C20H22O2Si2. The van der Waals surface area contributed by atoms with Crippen molar-refractivity contribution in [1.29, 1.82) is 0 Å². The summed E-state index contributed by atoms with van der Waals surface area (Å²) in [5, 5.41) is 3.45. The molecule has 0 saturated carbocycles. The fraction of sp³-hybridized carbons (Fsp3) is 0.100. The molecule has 0 amide bonds. The van der Waals surface area contributed by atoms with Crippen LogP contribution in [-0.2, 0) is 4.12 Å². The Morgan fingerprint density at radius 3 is 1.12 bits per heavy atom. The Bertz CT molecular complexity index is 672. The number of hydrogen-bond donors (Lipinski definition) is 1. The molecule has 0 bridgehead atoms. The molecule has 122 valence electrons. The van der Waals surface area contributed by atoms with E-state index < -0.39 is 16.9 Å². The van der Waals surface area contributed by atoms with Crippen LogP contribution in [0.25, 0.3) is 0 Å². The normalized spacial score (nSPS) is 12.1. The van der Waals surface area contributed by atoms with Gasteiger partial charge in [0.25, 0.3) is 8.32 Å². The van der Waals surface area contributed by atoms with Gasteiger partial charge >= 0.3 is 8.56 Å². The molecule has 3 aromatic rings. The molecule has 1 N–H and O–H groups in total. The lowest BCUT2D eigenvalue weighted by atomic mass is 10.3. The lowest BCUT2D eigenvalue weighted by molar-refractivity contribution is 0.396.